The lowest BCUT2D eigenvalue weighted by Crippen LogP contribution is -2.49. The molecule has 1 heterocycles. The molecule has 0 atom stereocenters. The van der Waals surface area contributed by atoms with Crippen molar-refractivity contribution in [3.8, 4) is 0 Å². The van der Waals surface area contributed by atoms with Crippen molar-refractivity contribution in [1.82, 2.24) is 10.2 Å². The zero-order valence-electron chi connectivity index (χ0n) is 11.8. The SMILES string of the molecule is CNC(=O)COC(=O)N1CCN(c2ccc(Cl)cc2)CC1. The third-order valence-electron chi connectivity index (χ3n) is 3.34. The Morgan fingerprint density at radius 3 is 2.38 bits per heavy atom. The van der Waals surface area contributed by atoms with Crippen LogP contribution in [0, 0.1) is 0 Å². The zero-order valence-corrected chi connectivity index (χ0v) is 12.6. The molecule has 0 radical (unpaired) electrons. The average molecular weight is 312 g/mol. The first-order valence-corrected chi connectivity index (χ1v) is 7.11. The molecular weight excluding hydrogens is 294 g/mol. The van der Waals surface area contributed by atoms with Gasteiger partial charge in [-0.3, -0.25) is 4.79 Å². The van der Waals surface area contributed by atoms with Crippen molar-refractivity contribution in [2.75, 3.05) is 44.7 Å². The Labute approximate surface area is 128 Å². The molecule has 21 heavy (non-hydrogen) atoms. The van der Waals surface area contributed by atoms with Gasteiger partial charge in [0, 0.05) is 43.9 Å². The smallest absolute Gasteiger partial charge is 0.410 e. The Hall–Kier alpha value is -1.95. The van der Waals surface area contributed by atoms with Crippen LogP contribution in [0.2, 0.25) is 5.02 Å². The lowest BCUT2D eigenvalue weighted by Gasteiger charge is -2.35. The first-order valence-electron chi connectivity index (χ1n) is 6.73. The maximum atomic E-state index is 11.8. The number of hydrogen-bond acceptors (Lipinski definition) is 4. The predicted octanol–water partition coefficient (Wildman–Crippen LogP) is 1.34. The largest absolute Gasteiger partial charge is 0.439 e. The molecule has 0 aromatic heterocycles. The molecular formula is C14H18ClN3O3. The number of piperazine rings is 1. The fourth-order valence-corrected chi connectivity index (χ4v) is 2.22. The standard InChI is InChI=1S/C14H18ClN3O3/c1-16-13(19)10-21-14(20)18-8-6-17(7-9-18)12-4-2-11(15)3-5-12/h2-5H,6-10H2,1H3,(H,16,19). The first kappa shape index (κ1) is 15.4. The highest BCUT2D eigenvalue weighted by molar-refractivity contribution is 6.30. The minimum absolute atomic E-state index is 0.243. The number of amides is 2. The molecule has 0 aliphatic carbocycles. The molecule has 7 heteroatoms. The Morgan fingerprint density at radius 1 is 1.19 bits per heavy atom. The zero-order chi connectivity index (χ0) is 15.2. The van der Waals surface area contributed by atoms with Gasteiger partial charge in [-0.25, -0.2) is 4.79 Å². The molecule has 0 bridgehead atoms. The number of nitrogens with zero attached hydrogens (tertiary/aromatic N) is 2. The van der Waals surface area contributed by atoms with E-state index in [9.17, 15) is 9.59 Å². The van der Waals surface area contributed by atoms with Gasteiger partial charge in [-0.2, -0.15) is 0 Å². The molecule has 6 nitrogen and oxygen atoms in total. The third-order valence-corrected chi connectivity index (χ3v) is 3.59. The summed E-state index contributed by atoms with van der Waals surface area (Å²) in [7, 11) is 1.50. The summed E-state index contributed by atoms with van der Waals surface area (Å²) in [6.45, 7) is 2.32. The van der Waals surface area contributed by atoms with E-state index in [0.717, 1.165) is 18.8 Å². The van der Waals surface area contributed by atoms with E-state index in [1.807, 2.05) is 24.3 Å². The minimum Gasteiger partial charge on any atom is -0.439 e. The number of rotatable bonds is 3. The van der Waals surface area contributed by atoms with Crippen LogP contribution in [0.15, 0.2) is 24.3 Å². The van der Waals surface area contributed by atoms with Crippen LogP contribution in [0.3, 0.4) is 0 Å². The van der Waals surface area contributed by atoms with Crippen molar-refractivity contribution in [2.45, 2.75) is 0 Å². The number of carbonyl (C=O) groups excluding carboxylic acids is 2. The molecule has 0 spiro atoms. The third kappa shape index (κ3) is 4.26. The molecule has 1 fully saturated rings. The summed E-state index contributed by atoms with van der Waals surface area (Å²) in [6, 6.07) is 7.62. The van der Waals surface area contributed by atoms with Crippen LogP contribution in [-0.2, 0) is 9.53 Å². The van der Waals surface area contributed by atoms with Crippen LogP contribution in [0.1, 0.15) is 0 Å². The quantitative estimate of drug-likeness (QED) is 0.915. The maximum absolute atomic E-state index is 11.8. The number of benzene rings is 1. The Balaban J connectivity index is 1.81. The highest BCUT2D eigenvalue weighted by Gasteiger charge is 2.22. The normalized spacial score (nSPS) is 14.8. The number of halogens is 1. The van der Waals surface area contributed by atoms with E-state index in [1.54, 1.807) is 4.90 Å². The van der Waals surface area contributed by atoms with Crippen molar-refractivity contribution < 1.29 is 14.3 Å². The molecule has 1 saturated heterocycles. The van der Waals surface area contributed by atoms with Gasteiger partial charge in [0.15, 0.2) is 6.61 Å². The molecule has 0 unspecified atom stereocenters. The summed E-state index contributed by atoms with van der Waals surface area (Å²) < 4.78 is 4.93. The molecule has 1 aliphatic rings. The molecule has 2 rings (SSSR count). The highest BCUT2D eigenvalue weighted by atomic mass is 35.5. The second kappa shape index (κ2) is 7.17. The summed E-state index contributed by atoms with van der Waals surface area (Å²) in [5, 5.41) is 3.11. The van der Waals surface area contributed by atoms with Gasteiger partial charge in [0.25, 0.3) is 5.91 Å². The first-order chi connectivity index (χ1) is 10.1. The lowest BCUT2D eigenvalue weighted by atomic mass is 10.2. The summed E-state index contributed by atoms with van der Waals surface area (Å²) in [5.74, 6) is -0.317. The highest BCUT2D eigenvalue weighted by Crippen LogP contribution is 2.19. The summed E-state index contributed by atoms with van der Waals surface area (Å²) in [6.07, 6.45) is -0.450. The van der Waals surface area contributed by atoms with Gasteiger partial charge >= 0.3 is 6.09 Å². The molecule has 1 aliphatic heterocycles. The van der Waals surface area contributed by atoms with Crippen molar-refractivity contribution in [2.24, 2.45) is 0 Å². The van der Waals surface area contributed by atoms with Crippen LogP contribution in [0.25, 0.3) is 0 Å². The van der Waals surface area contributed by atoms with Crippen molar-refractivity contribution in [3.63, 3.8) is 0 Å². The van der Waals surface area contributed by atoms with Crippen molar-refractivity contribution in [3.05, 3.63) is 29.3 Å². The second-order valence-corrected chi connectivity index (χ2v) is 5.11. The van der Waals surface area contributed by atoms with Crippen LogP contribution in [0.5, 0.6) is 0 Å². The molecule has 0 saturated carbocycles. The van der Waals surface area contributed by atoms with Crippen LogP contribution in [-0.4, -0.2) is 56.7 Å². The lowest BCUT2D eigenvalue weighted by molar-refractivity contribution is -0.123. The van der Waals surface area contributed by atoms with E-state index >= 15 is 0 Å². The fraction of sp³-hybridized carbons (Fsp3) is 0.429. The fourth-order valence-electron chi connectivity index (χ4n) is 2.09. The monoisotopic (exact) mass is 311 g/mol. The number of anilines is 1. The van der Waals surface area contributed by atoms with E-state index in [1.165, 1.54) is 7.05 Å². The van der Waals surface area contributed by atoms with E-state index in [-0.39, 0.29) is 12.5 Å². The second-order valence-electron chi connectivity index (χ2n) is 4.68. The number of nitrogens with one attached hydrogen (secondary N) is 1. The Kier molecular flexibility index (Phi) is 5.27. The van der Waals surface area contributed by atoms with E-state index in [4.69, 9.17) is 16.3 Å². The van der Waals surface area contributed by atoms with Crippen molar-refractivity contribution in [1.29, 1.82) is 0 Å². The average Bonchev–Trinajstić information content (AvgIpc) is 2.53. The topological polar surface area (TPSA) is 61.9 Å². The predicted molar refractivity (Wildman–Crippen MR) is 80.7 cm³/mol. The molecule has 1 aromatic rings. The van der Waals surface area contributed by atoms with Gasteiger partial charge in [0.05, 0.1) is 0 Å². The Morgan fingerprint density at radius 2 is 1.81 bits per heavy atom. The van der Waals surface area contributed by atoms with Gasteiger partial charge in [-0.15, -0.1) is 0 Å². The molecule has 1 aromatic carbocycles. The molecule has 1 N–H and O–H groups in total. The summed E-state index contributed by atoms with van der Waals surface area (Å²) >= 11 is 5.87. The van der Waals surface area contributed by atoms with Crippen LogP contribution in [0.4, 0.5) is 10.5 Å². The number of ether oxygens (including phenoxy) is 1. The van der Waals surface area contributed by atoms with E-state index in [0.29, 0.717) is 18.1 Å². The number of carbonyl (C=O) groups is 2. The summed E-state index contributed by atoms with van der Waals surface area (Å²) in [4.78, 5) is 26.6. The number of hydrogen-bond donors (Lipinski definition) is 1. The Bertz CT molecular complexity index is 499. The molecule has 114 valence electrons. The summed E-state index contributed by atoms with van der Waals surface area (Å²) in [5.41, 5.74) is 1.08. The van der Waals surface area contributed by atoms with Crippen LogP contribution < -0.4 is 10.2 Å². The molecule has 2 amide bonds. The maximum Gasteiger partial charge on any atom is 0.410 e. The minimum atomic E-state index is -0.450. The van der Waals surface area contributed by atoms with Gasteiger partial charge in [0.2, 0.25) is 0 Å². The van der Waals surface area contributed by atoms with Gasteiger partial charge in [-0.1, -0.05) is 11.6 Å². The van der Waals surface area contributed by atoms with Gasteiger partial charge in [-0.05, 0) is 24.3 Å². The van der Waals surface area contributed by atoms with Gasteiger partial charge in [0.1, 0.15) is 0 Å². The number of likely N-dealkylation sites (N-methyl/N-ethyl adjacent to an activating group) is 1. The van der Waals surface area contributed by atoms with E-state index < -0.39 is 6.09 Å². The van der Waals surface area contributed by atoms with Gasteiger partial charge < -0.3 is 19.9 Å². The van der Waals surface area contributed by atoms with E-state index in [2.05, 4.69) is 10.2 Å². The van der Waals surface area contributed by atoms with Crippen LogP contribution >= 0.6 is 11.6 Å². The van der Waals surface area contributed by atoms with Crippen molar-refractivity contribution >= 4 is 29.3 Å².